The molecule has 0 spiro atoms. The molecular formula is C75H128O6. The minimum Gasteiger partial charge on any atom is -0.462 e. The first kappa shape index (κ1) is 77.1. The molecule has 0 saturated carbocycles. The summed E-state index contributed by atoms with van der Waals surface area (Å²) >= 11 is 0. The van der Waals surface area contributed by atoms with Gasteiger partial charge in [0.05, 0.1) is 0 Å². The molecule has 0 aromatic carbocycles. The van der Waals surface area contributed by atoms with Crippen LogP contribution in [0.2, 0.25) is 0 Å². The Balaban J connectivity index is 4.21. The molecule has 0 aromatic rings. The number of rotatable bonds is 62. The molecule has 0 amide bonds. The number of unbranched alkanes of at least 4 members (excludes halogenated alkanes) is 33. The maximum atomic E-state index is 12.9. The van der Waals surface area contributed by atoms with Gasteiger partial charge in [0, 0.05) is 19.3 Å². The fourth-order valence-corrected chi connectivity index (χ4v) is 9.58. The molecule has 0 aliphatic carbocycles. The van der Waals surface area contributed by atoms with Crippen molar-refractivity contribution in [1.82, 2.24) is 0 Å². The smallest absolute Gasteiger partial charge is 0.306 e. The molecule has 6 nitrogen and oxygen atoms in total. The van der Waals surface area contributed by atoms with Crippen molar-refractivity contribution < 1.29 is 28.6 Å². The summed E-state index contributed by atoms with van der Waals surface area (Å²) in [6.45, 7) is 6.50. The molecule has 0 rings (SSSR count). The van der Waals surface area contributed by atoms with Crippen molar-refractivity contribution in [2.24, 2.45) is 0 Å². The van der Waals surface area contributed by atoms with Crippen molar-refractivity contribution in [2.75, 3.05) is 13.2 Å². The third kappa shape index (κ3) is 66.8. The van der Waals surface area contributed by atoms with Gasteiger partial charge in [-0.2, -0.15) is 0 Å². The Hall–Kier alpha value is -3.93. The normalized spacial score (nSPS) is 12.8. The van der Waals surface area contributed by atoms with E-state index < -0.39 is 6.10 Å². The van der Waals surface area contributed by atoms with Crippen LogP contribution in [0.4, 0.5) is 0 Å². The van der Waals surface area contributed by atoms with Crippen molar-refractivity contribution in [2.45, 2.75) is 335 Å². The summed E-state index contributed by atoms with van der Waals surface area (Å²) in [5.41, 5.74) is 0. The molecule has 0 radical (unpaired) electrons. The highest BCUT2D eigenvalue weighted by Crippen LogP contribution is 2.16. The van der Waals surface area contributed by atoms with Gasteiger partial charge in [-0.15, -0.1) is 0 Å². The number of hydrogen-bond acceptors (Lipinski definition) is 6. The van der Waals surface area contributed by atoms with E-state index in [4.69, 9.17) is 14.2 Å². The summed E-state index contributed by atoms with van der Waals surface area (Å²) < 4.78 is 16.9. The monoisotopic (exact) mass is 1120 g/mol. The van der Waals surface area contributed by atoms with Crippen LogP contribution in [0.15, 0.2) is 109 Å². The van der Waals surface area contributed by atoms with Gasteiger partial charge < -0.3 is 14.2 Å². The number of allylic oxidation sites excluding steroid dienone is 18. The van der Waals surface area contributed by atoms with Gasteiger partial charge >= 0.3 is 17.9 Å². The van der Waals surface area contributed by atoms with E-state index in [-0.39, 0.29) is 31.1 Å². The average Bonchev–Trinajstić information content (AvgIpc) is 3.47. The Kier molecular flexibility index (Phi) is 65.2. The number of esters is 3. The standard InChI is InChI=1S/C75H128O6/c1-4-7-10-13-16-19-22-24-26-28-30-31-32-33-34-35-36-37-38-39-40-41-42-43-45-46-48-50-53-56-59-62-65-68-74(77)80-71-72(70-79-73(76)67-64-61-58-55-52-21-18-15-12-9-6-3)81-75(78)69-66-63-60-57-54-51-49-47-44-29-27-25-23-20-17-14-11-8-5-2/h7,10,15-16,18-19,24-27,30-31,33-34,36-37,39-40,72H,4-6,8-9,11-14,17,20-23,28-29,32,35,38,41-71H2,1-3H3/b10-7-,18-15-,19-16-,26-24-,27-25-,31-30-,34-33-,37-36-,40-39-. The zero-order valence-electron chi connectivity index (χ0n) is 53.3. The van der Waals surface area contributed by atoms with Crippen LogP contribution in [0, 0.1) is 0 Å². The van der Waals surface area contributed by atoms with Gasteiger partial charge in [0.2, 0.25) is 0 Å². The highest BCUT2D eigenvalue weighted by Gasteiger charge is 2.19. The van der Waals surface area contributed by atoms with Crippen molar-refractivity contribution >= 4 is 17.9 Å². The van der Waals surface area contributed by atoms with Gasteiger partial charge in [-0.1, -0.05) is 297 Å². The van der Waals surface area contributed by atoms with E-state index in [0.717, 1.165) is 109 Å². The van der Waals surface area contributed by atoms with E-state index in [1.807, 2.05) is 0 Å². The zero-order chi connectivity index (χ0) is 58.5. The number of ether oxygens (including phenoxy) is 3. The van der Waals surface area contributed by atoms with Crippen molar-refractivity contribution in [1.29, 1.82) is 0 Å². The van der Waals surface area contributed by atoms with E-state index >= 15 is 0 Å². The van der Waals surface area contributed by atoms with E-state index in [2.05, 4.69) is 130 Å². The van der Waals surface area contributed by atoms with E-state index in [9.17, 15) is 14.4 Å². The van der Waals surface area contributed by atoms with Gasteiger partial charge in [-0.25, -0.2) is 0 Å². The lowest BCUT2D eigenvalue weighted by Gasteiger charge is -2.18. The van der Waals surface area contributed by atoms with Crippen LogP contribution in [-0.4, -0.2) is 37.2 Å². The molecule has 6 heteroatoms. The Morgan fingerprint density at radius 1 is 0.259 bits per heavy atom. The molecular weight excluding hydrogens is 997 g/mol. The number of carbonyl (C=O) groups excluding carboxylic acids is 3. The second kappa shape index (κ2) is 68.6. The van der Waals surface area contributed by atoms with Crippen LogP contribution in [-0.2, 0) is 28.6 Å². The predicted octanol–water partition coefficient (Wildman–Crippen LogP) is 23.8. The molecule has 0 N–H and O–H groups in total. The van der Waals surface area contributed by atoms with Crippen molar-refractivity contribution in [3.8, 4) is 0 Å². The largest absolute Gasteiger partial charge is 0.462 e. The molecule has 81 heavy (non-hydrogen) atoms. The first-order chi connectivity index (χ1) is 40.0. The second-order valence-corrected chi connectivity index (χ2v) is 22.7. The topological polar surface area (TPSA) is 78.9 Å². The lowest BCUT2D eigenvalue weighted by Crippen LogP contribution is -2.30. The van der Waals surface area contributed by atoms with Gasteiger partial charge in [-0.05, 0) is 122 Å². The lowest BCUT2D eigenvalue weighted by molar-refractivity contribution is -0.167. The molecule has 0 saturated heterocycles. The molecule has 0 aliphatic heterocycles. The Morgan fingerprint density at radius 2 is 0.494 bits per heavy atom. The molecule has 0 aromatic heterocycles. The van der Waals surface area contributed by atoms with Crippen LogP contribution in [0.3, 0.4) is 0 Å². The molecule has 0 aliphatic rings. The van der Waals surface area contributed by atoms with Crippen LogP contribution in [0.1, 0.15) is 329 Å². The van der Waals surface area contributed by atoms with E-state index in [0.29, 0.717) is 19.3 Å². The molecule has 1 atom stereocenters. The van der Waals surface area contributed by atoms with Crippen LogP contribution >= 0.6 is 0 Å². The number of carbonyl (C=O) groups is 3. The average molecular weight is 1130 g/mol. The first-order valence-corrected chi connectivity index (χ1v) is 34.4. The quantitative estimate of drug-likeness (QED) is 0.0261. The first-order valence-electron chi connectivity index (χ1n) is 34.4. The Bertz CT molecular complexity index is 1620. The lowest BCUT2D eigenvalue weighted by atomic mass is 10.0. The van der Waals surface area contributed by atoms with Crippen LogP contribution in [0.25, 0.3) is 0 Å². The maximum Gasteiger partial charge on any atom is 0.306 e. The summed E-state index contributed by atoms with van der Waals surface area (Å²) in [5, 5.41) is 0. The summed E-state index contributed by atoms with van der Waals surface area (Å²) in [7, 11) is 0. The van der Waals surface area contributed by atoms with Crippen molar-refractivity contribution in [3.63, 3.8) is 0 Å². The van der Waals surface area contributed by atoms with Gasteiger partial charge in [0.15, 0.2) is 6.10 Å². The molecule has 0 heterocycles. The fraction of sp³-hybridized carbons (Fsp3) is 0.720. The highest BCUT2D eigenvalue weighted by atomic mass is 16.6. The van der Waals surface area contributed by atoms with Crippen LogP contribution in [0.5, 0.6) is 0 Å². The van der Waals surface area contributed by atoms with Gasteiger partial charge in [0.1, 0.15) is 13.2 Å². The van der Waals surface area contributed by atoms with Gasteiger partial charge in [-0.3, -0.25) is 14.4 Å². The third-order valence-electron chi connectivity index (χ3n) is 14.7. The van der Waals surface area contributed by atoms with Gasteiger partial charge in [0.25, 0.3) is 0 Å². The molecule has 0 fully saturated rings. The van der Waals surface area contributed by atoms with E-state index in [1.54, 1.807) is 0 Å². The number of hydrogen-bond donors (Lipinski definition) is 0. The summed E-state index contributed by atoms with van der Waals surface area (Å²) in [6, 6.07) is 0. The minimum absolute atomic E-state index is 0.0814. The zero-order valence-corrected chi connectivity index (χ0v) is 53.3. The van der Waals surface area contributed by atoms with E-state index in [1.165, 1.54) is 180 Å². The molecule has 1 unspecified atom stereocenters. The summed E-state index contributed by atoms with van der Waals surface area (Å²) in [6.07, 6.45) is 94.0. The minimum atomic E-state index is -0.784. The third-order valence-corrected chi connectivity index (χ3v) is 14.7. The predicted molar refractivity (Wildman–Crippen MR) is 353 cm³/mol. The highest BCUT2D eigenvalue weighted by molar-refractivity contribution is 5.71. The Morgan fingerprint density at radius 3 is 0.802 bits per heavy atom. The fourth-order valence-electron chi connectivity index (χ4n) is 9.58. The second-order valence-electron chi connectivity index (χ2n) is 22.7. The maximum absolute atomic E-state index is 12.9. The summed E-state index contributed by atoms with van der Waals surface area (Å²) in [5.74, 6) is -0.885. The van der Waals surface area contributed by atoms with Crippen LogP contribution < -0.4 is 0 Å². The molecule has 0 bridgehead atoms. The molecule has 464 valence electrons. The SMILES string of the molecule is CC/C=C\C/C=C\C/C=C\C/C=C\C/C=C\C/C=C\C/C=C\CCCCCCCCCCCCCC(=O)OCC(COC(=O)CCCCCCC/C=C\CCCC)OC(=O)CCCCCCCCCCC/C=C\CCCCCCCC. The van der Waals surface area contributed by atoms with Crippen molar-refractivity contribution in [3.05, 3.63) is 109 Å². The summed E-state index contributed by atoms with van der Waals surface area (Å²) in [4.78, 5) is 38.3. The Labute approximate surface area is 501 Å².